The fourth-order valence-electron chi connectivity index (χ4n) is 2.17. The molecule has 1 aromatic carbocycles. The molecule has 4 nitrogen and oxygen atoms in total. The second-order valence-electron chi connectivity index (χ2n) is 4.94. The molecule has 1 amide bonds. The van der Waals surface area contributed by atoms with E-state index in [0.29, 0.717) is 6.54 Å². The minimum atomic E-state index is 0.104. The summed E-state index contributed by atoms with van der Waals surface area (Å²) < 4.78 is 1.02. The molecular weight excluding hydrogens is 294 g/mol. The van der Waals surface area contributed by atoms with Crippen LogP contribution in [0.15, 0.2) is 28.7 Å². The number of quaternary nitrogens is 2. The standard InChI is InChI=1S/C13H18BrN3O/c1-16-6-8-17(9-7-16)10-13(18)15-12-4-2-11(14)3-5-12/h2-5H,6-10H2,1H3,(H,15,18)/p+2. The molecule has 1 aromatic rings. The van der Waals surface area contributed by atoms with E-state index in [0.717, 1.165) is 36.3 Å². The smallest absolute Gasteiger partial charge is 0.279 e. The van der Waals surface area contributed by atoms with Crippen molar-refractivity contribution >= 4 is 27.5 Å². The van der Waals surface area contributed by atoms with Gasteiger partial charge in [-0.15, -0.1) is 0 Å². The Labute approximate surface area is 116 Å². The van der Waals surface area contributed by atoms with E-state index >= 15 is 0 Å². The number of anilines is 1. The number of nitrogens with one attached hydrogen (secondary N) is 3. The van der Waals surface area contributed by atoms with Crippen molar-refractivity contribution in [3.05, 3.63) is 28.7 Å². The van der Waals surface area contributed by atoms with Gasteiger partial charge in [-0.3, -0.25) is 4.79 Å². The van der Waals surface area contributed by atoms with Crippen LogP contribution in [0.2, 0.25) is 0 Å². The van der Waals surface area contributed by atoms with E-state index in [1.807, 2.05) is 24.3 Å². The van der Waals surface area contributed by atoms with Crippen molar-refractivity contribution in [1.29, 1.82) is 0 Å². The maximum Gasteiger partial charge on any atom is 0.279 e. The molecule has 1 fully saturated rings. The number of carbonyl (C=O) groups is 1. The fraction of sp³-hybridized carbons (Fsp3) is 0.462. The Morgan fingerprint density at radius 1 is 1.22 bits per heavy atom. The van der Waals surface area contributed by atoms with Crippen molar-refractivity contribution < 1.29 is 14.6 Å². The average molecular weight is 314 g/mol. The van der Waals surface area contributed by atoms with Crippen molar-refractivity contribution in [3.63, 3.8) is 0 Å². The van der Waals surface area contributed by atoms with Crippen molar-refractivity contribution in [1.82, 2.24) is 0 Å². The zero-order valence-corrected chi connectivity index (χ0v) is 12.2. The van der Waals surface area contributed by atoms with Gasteiger partial charge in [-0.25, -0.2) is 0 Å². The number of piperazine rings is 1. The number of rotatable bonds is 3. The van der Waals surface area contributed by atoms with Crippen molar-refractivity contribution in [2.45, 2.75) is 0 Å². The monoisotopic (exact) mass is 313 g/mol. The van der Waals surface area contributed by atoms with Crippen LogP contribution in [0.3, 0.4) is 0 Å². The third-order valence-corrected chi connectivity index (χ3v) is 3.88. The highest BCUT2D eigenvalue weighted by atomic mass is 79.9. The highest BCUT2D eigenvalue weighted by Gasteiger charge is 2.22. The van der Waals surface area contributed by atoms with Crippen LogP contribution in [-0.2, 0) is 4.79 Å². The van der Waals surface area contributed by atoms with Gasteiger partial charge in [0.05, 0.1) is 7.05 Å². The van der Waals surface area contributed by atoms with Crippen LogP contribution in [0.1, 0.15) is 0 Å². The normalized spacial score (nSPS) is 23.7. The van der Waals surface area contributed by atoms with Gasteiger partial charge in [-0.05, 0) is 24.3 Å². The first-order chi connectivity index (χ1) is 8.63. The van der Waals surface area contributed by atoms with Crippen LogP contribution in [0, 0.1) is 0 Å². The quantitative estimate of drug-likeness (QED) is 0.644. The maximum absolute atomic E-state index is 11.9. The first kappa shape index (κ1) is 13.5. The summed E-state index contributed by atoms with van der Waals surface area (Å²) in [6.45, 7) is 5.05. The Bertz CT molecular complexity index is 399. The molecule has 0 radical (unpaired) electrons. The first-order valence-electron chi connectivity index (χ1n) is 6.34. The molecule has 18 heavy (non-hydrogen) atoms. The van der Waals surface area contributed by atoms with Gasteiger partial charge in [-0.1, -0.05) is 15.9 Å². The zero-order chi connectivity index (χ0) is 13.0. The molecule has 2 rings (SSSR count). The van der Waals surface area contributed by atoms with Crippen LogP contribution in [0.4, 0.5) is 5.69 Å². The molecule has 1 aliphatic heterocycles. The van der Waals surface area contributed by atoms with Crippen LogP contribution in [-0.4, -0.2) is 45.7 Å². The third kappa shape index (κ3) is 4.08. The summed E-state index contributed by atoms with van der Waals surface area (Å²) >= 11 is 3.38. The predicted molar refractivity (Wildman–Crippen MR) is 75.0 cm³/mol. The summed E-state index contributed by atoms with van der Waals surface area (Å²) in [5.41, 5.74) is 0.863. The van der Waals surface area contributed by atoms with Gasteiger partial charge < -0.3 is 15.1 Å². The Morgan fingerprint density at radius 2 is 1.83 bits per heavy atom. The maximum atomic E-state index is 11.9. The van der Waals surface area contributed by atoms with E-state index in [1.54, 1.807) is 4.90 Å². The predicted octanol–water partition coefficient (Wildman–Crippen LogP) is -1.20. The highest BCUT2D eigenvalue weighted by Crippen LogP contribution is 2.13. The summed E-state index contributed by atoms with van der Waals surface area (Å²) in [6, 6.07) is 7.68. The minimum Gasteiger partial charge on any atom is -0.328 e. The Kier molecular flexibility index (Phi) is 4.74. The Balaban J connectivity index is 1.80. The average Bonchev–Trinajstić information content (AvgIpc) is 2.35. The van der Waals surface area contributed by atoms with Gasteiger partial charge in [0.25, 0.3) is 5.91 Å². The number of hydrogen-bond donors (Lipinski definition) is 3. The number of hydrogen-bond acceptors (Lipinski definition) is 1. The molecule has 3 N–H and O–H groups in total. The van der Waals surface area contributed by atoms with Gasteiger partial charge in [-0.2, -0.15) is 0 Å². The molecule has 1 saturated heterocycles. The zero-order valence-electron chi connectivity index (χ0n) is 10.6. The molecule has 0 aromatic heterocycles. The number of halogens is 1. The van der Waals surface area contributed by atoms with Gasteiger partial charge in [0.15, 0.2) is 6.54 Å². The third-order valence-electron chi connectivity index (χ3n) is 3.35. The van der Waals surface area contributed by atoms with Gasteiger partial charge in [0.1, 0.15) is 26.2 Å². The topological polar surface area (TPSA) is 38.0 Å². The van der Waals surface area contributed by atoms with Crippen LogP contribution in [0.5, 0.6) is 0 Å². The van der Waals surface area contributed by atoms with Crippen molar-refractivity contribution in [2.24, 2.45) is 0 Å². The summed E-state index contributed by atoms with van der Waals surface area (Å²) in [4.78, 5) is 14.8. The van der Waals surface area contributed by atoms with E-state index < -0.39 is 0 Å². The highest BCUT2D eigenvalue weighted by molar-refractivity contribution is 9.10. The lowest BCUT2D eigenvalue weighted by molar-refractivity contribution is -0.999. The van der Waals surface area contributed by atoms with Crippen molar-refractivity contribution in [2.75, 3.05) is 45.1 Å². The Hall–Kier alpha value is -0.910. The summed E-state index contributed by atoms with van der Waals surface area (Å²) in [6.07, 6.45) is 0. The van der Waals surface area contributed by atoms with E-state index in [1.165, 1.54) is 4.90 Å². The van der Waals surface area contributed by atoms with Crippen molar-refractivity contribution in [3.8, 4) is 0 Å². The minimum absolute atomic E-state index is 0.104. The second kappa shape index (κ2) is 6.31. The molecule has 0 atom stereocenters. The lowest BCUT2D eigenvalue weighted by Crippen LogP contribution is -3.27. The van der Waals surface area contributed by atoms with Crippen LogP contribution >= 0.6 is 15.9 Å². The van der Waals surface area contributed by atoms with Gasteiger partial charge in [0, 0.05) is 10.2 Å². The van der Waals surface area contributed by atoms with E-state index in [2.05, 4.69) is 28.3 Å². The molecule has 0 aliphatic carbocycles. The second-order valence-corrected chi connectivity index (χ2v) is 5.85. The number of likely N-dealkylation sites (N-methyl/N-ethyl adjacent to an activating group) is 1. The lowest BCUT2D eigenvalue weighted by atomic mass is 10.3. The molecule has 0 spiro atoms. The van der Waals surface area contributed by atoms with Gasteiger partial charge >= 0.3 is 0 Å². The molecule has 1 aliphatic rings. The molecule has 0 bridgehead atoms. The molecule has 0 saturated carbocycles. The van der Waals surface area contributed by atoms with E-state index in [-0.39, 0.29) is 5.91 Å². The largest absolute Gasteiger partial charge is 0.328 e. The summed E-state index contributed by atoms with van der Waals surface area (Å²) in [5, 5.41) is 2.94. The fourth-order valence-corrected chi connectivity index (χ4v) is 2.44. The molecule has 98 valence electrons. The van der Waals surface area contributed by atoms with E-state index in [9.17, 15) is 4.79 Å². The summed E-state index contributed by atoms with van der Waals surface area (Å²) in [5.74, 6) is 0.104. The lowest BCUT2D eigenvalue weighted by Gasteiger charge is -2.26. The van der Waals surface area contributed by atoms with E-state index in [4.69, 9.17) is 0 Å². The number of amides is 1. The molecule has 0 unspecified atom stereocenters. The van der Waals surface area contributed by atoms with Gasteiger partial charge in [0.2, 0.25) is 0 Å². The number of carbonyl (C=O) groups excluding carboxylic acids is 1. The molecule has 1 heterocycles. The summed E-state index contributed by atoms with van der Waals surface area (Å²) in [7, 11) is 2.21. The first-order valence-corrected chi connectivity index (χ1v) is 7.13. The Morgan fingerprint density at radius 3 is 2.44 bits per heavy atom. The van der Waals surface area contributed by atoms with Crippen LogP contribution < -0.4 is 15.1 Å². The van der Waals surface area contributed by atoms with Crippen LogP contribution in [0.25, 0.3) is 0 Å². The number of benzene rings is 1. The SMILES string of the molecule is C[NH+]1CC[NH+](CC(=O)Nc2ccc(Br)cc2)CC1. The molecule has 5 heteroatoms. The molecular formula is C13H20BrN3O+2.